The Kier molecular flexibility index (Phi) is 7.39. The number of carboxylic acid groups (broad SMARTS) is 1. The van der Waals surface area contributed by atoms with Crippen LogP contribution >= 0.6 is 0 Å². The van der Waals surface area contributed by atoms with Crippen LogP contribution in [-0.4, -0.2) is 59.1 Å². The summed E-state index contributed by atoms with van der Waals surface area (Å²) in [6.07, 6.45) is 4.74. The highest BCUT2D eigenvalue weighted by molar-refractivity contribution is 5.66. The van der Waals surface area contributed by atoms with Crippen LogP contribution in [0.15, 0.2) is 0 Å². The summed E-state index contributed by atoms with van der Waals surface area (Å²) in [7, 11) is 0. The summed E-state index contributed by atoms with van der Waals surface area (Å²) in [6, 6.07) is 1.15. The third kappa shape index (κ3) is 5.91. The Morgan fingerprint density at radius 2 is 2.00 bits per heavy atom. The van der Waals surface area contributed by atoms with Crippen molar-refractivity contribution in [3.8, 4) is 0 Å². The highest BCUT2D eigenvalue weighted by Gasteiger charge is 2.25. The molecule has 1 saturated heterocycles. The summed E-state index contributed by atoms with van der Waals surface area (Å²) in [4.78, 5) is 15.7. The van der Waals surface area contributed by atoms with E-state index in [0.717, 1.165) is 13.0 Å². The van der Waals surface area contributed by atoms with Gasteiger partial charge in [0.15, 0.2) is 0 Å². The lowest BCUT2D eigenvalue weighted by molar-refractivity contribution is -0.137. The molecule has 0 bridgehead atoms. The van der Waals surface area contributed by atoms with E-state index < -0.39 is 5.97 Å². The quantitative estimate of drug-likeness (QED) is 0.736. The molecule has 0 aliphatic carbocycles. The maximum Gasteiger partial charge on any atom is 0.303 e. The molecule has 19 heavy (non-hydrogen) atoms. The predicted octanol–water partition coefficient (Wildman–Crippen LogP) is 2.44. The molecular weight excluding hydrogens is 240 g/mol. The van der Waals surface area contributed by atoms with E-state index in [4.69, 9.17) is 5.11 Å². The lowest BCUT2D eigenvalue weighted by Gasteiger charge is -2.40. The molecule has 112 valence electrons. The number of carbonyl (C=O) groups is 1. The van der Waals surface area contributed by atoms with E-state index in [-0.39, 0.29) is 6.42 Å². The van der Waals surface area contributed by atoms with Gasteiger partial charge in [-0.25, -0.2) is 0 Å². The summed E-state index contributed by atoms with van der Waals surface area (Å²) in [5.74, 6) is -0.679. The van der Waals surface area contributed by atoms with E-state index in [0.29, 0.717) is 12.1 Å². The van der Waals surface area contributed by atoms with Crippen LogP contribution in [0, 0.1) is 0 Å². The fraction of sp³-hybridized carbons (Fsp3) is 0.933. The van der Waals surface area contributed by atoms with Gasteiger partial charge >= 0.3 is 5.97 Å². The number of rotatable bonds is 8. The molecule has 0 saturated carbocycles. The fourth-order valence-corrected chi connectivity index (χ4v) is 3.07. The number of hydrogen-bond donors (Lipinski definition) is 1. The molecule has 1 N–H and O–H groups in total. The van der Waals surface area contributed by atoms with Gasteiger partial charge < -0.3 is 10.0 Å². The van der Waals surface area contributed by atoms with Crippen LogP contribution in [0.25, 0.3) is 0 Å². The molecule has 0 unspecified atom stereocenters. The van der Waals surface area contributed by atoms with Crippen molar-refractivity contribution in [1.82, 2.24) is 9.80 Å². The highest BCUT2D eigenvalue weighted by Crippen LogP contribution is 2.19. The highest BCUT2D eigenvalue weighted by atomic mass is 16.4. The van der Waals surface area contributed by atoms with Gasteiger partial charge in [0, 0.05) is 18.5 Å². The number of piperidine rings is 1. The second kappa shape index (κ2) is 8.54. The van der Waals surface area contributed by atoms with Gasteiger partial charge in [0.1, 0.15) is 0 Å². The molecule has 0 radical (unpaired) electrons. The third-order valence-corrected chi connectivity index (χ3v) is 4.04. The van der Waals surface area contributed by atoms with Crippen LogP contribution in [0.3, 0.4) is 0 Å². The molecule has 0 aromatic carbocycles. The summed E-state index contributed by atoms with van der Waals surface area (Å²) in [5.41, 5.74) is 0. The molecule has 1 fully saturated rings. The Morgan fingerprint density at radius 3 is 2.47 bits per heavy atom. The molecule has 1 heterocycles. The summed E-state index contributed by atoms with van der Waals surface area (Å²) in [5, 5.41) is 8.74. The predicted molar refractivity (Wildman–Crippen MR) is 78.5 cm³/mol. The molecule has 4 heteroatoms. The van der Waals surface area contributed by atoms with Crippen LogP contribution in [0.2, 0.25) is 0 Å². The molecule has 1 aliphatic heterocycles. The van der Waals surface area contributed by atoms with Crippen molar-refractivity contribution >= 4 is 5.97 Å². The van der Waals surface area contributed by atoms with Gasteiger partial charge in [0.05, 0.1) is 0 Å². The minimum Gasteiger partial charge on any atom is -0.481 e. The standard InChI is InChI=1S/C15H30N2O2/c1-4-9-16-11-7-14(8-12-16)17(13(2)3)10-5-6-15(18)19/h13-14H,4-12H2,1-3H3,(H,18,19). The first-order chi connectivity index (χ1) is 9.04. The van der Waals surface area contributed by atoms with E-state index >= 15 is 0 Å². The van der Waals surface area contributed by atoms with Crippen molar-refractivity contribution in [2.45, 2.75) is 65.0 Å². The van der Waals surface area contributed by atoms with Gasteiger partial charge in [-0.1, -0.05) is 6.92 Å². The van der Waals surface area contributed by atoms with E-state index in [1.165, 1.54) is 38.9 Å². The summed E-state index contributed by atoms with van der Waals surface area (Å²) >= 11 is 0. The third-order valence-electron chi connectivity index (χ3n) is 4.04. The van der Waals surface area contributed by atoms with Gasteiger partial charge in [-0.05, 0) is 65.7 Å². The summed E-state index contributed by atoms with van der Waals surface area (Å²) in [6.45, 7) is 11.2. The van der Waals surface area contributed by atoms with Crippen molar-refractivity contribution in [2.24, 2.45) is 0 Å². The Balaban J connectivity index is 2.38. The zero-order valence-electron chi connectivity index (χ0n) is 12.8. The Labute approximate surface area is 117 Å². The van der Waals surface area contributed by atoms with Crippen molar-refractivity contribution in [1.29, 1.82) is 0 Å². The number of aliphatic carboxylic acids is 1. The number of carboxylic acids is 1. The van der Waals surface area contributed by atoms with E-state index in [2.05, 4.69) is 30.6 Å². The fourth-order valence-electron chi connectivity index (χ4n) is 3.07. The number of likely N-dealkylation sites (tertiary alicyclic amines) is 1. The lowest BCUT2D eigenvalue weighted by Crippen LogP contribution is -2.48. The van der Waals surface area contributed by atoms with E-state index in [1.807, 2.05) is 0 Å². The molecule has 0 spiro atoms. The molecule has 0 atom stereocenters. The first-order valence-corrected chi connectivity index (χ1v) is 7.74. The SMILES string of the molecule is CCCN1CCC(N(CCCC(=O)O)C(C)C)CC1. The molecule has 0 aromatic rings. The first-order valence-electron chi connectivity index (χ1n) is 7.74. The minimum atomic E-state index is -0.679. The largest absolute Gasteiger partial charge is 0.481 e. The molecule has 0 aromatic heterocycles. The molecule has 1 aliphatic rings. The van der Waals surface area contributed by atoms with Gasteiger partial charge in [0.2, 0.25) is 0 Å². The zero-order chi connectivity index (χ0) is 14.3. The second-order valence-electron chi connectivity index (χ2n) is 5.90. The minimum absolute atomic E-state index is 0.290. The van der Waals surface area contributed by atoms with Crippen LogP contribution < -0.4 is 0 Å². The maximum atomic E-state index is 10.6. The van der Waals surface area contributed by atoms with Crippen molar-refractivity contribution < 1.29 is 9.90 Å². The van der Waals surface area contributed by atoms with Gasteiger partial charge in [-0.3, -0.25) is 9.69 Å². The molecule has 4 nitrogen and oxygen atoms in total. The topological polar surface area (TPSA) is 43.8 Å². The van der Waals surface area contributed by atoms with Crippen molar-refractivity contribution in [3.63, 3.8) is 0 Å². The van der Waals surface area contributed by atoms with Crippen molar-refractivity contribution in [2.75, 3.05) is 26.2 Å². The number of hydrogen-bond acceptors (Lipinski definition) is 3. The first kappa shape index (κ1) is 16.4. The van der Waals surface area contributed by atoms with Crippen LogP contribution in [-0.2, 0) is 4.79 Å². The van der Waals surface area contributed by atoms with Crippen LogP contribution in [0.1, 0.15) is 52.9 Å². The lowest BCUT2D eigenvalue weighted by atomic mass is 10.0. The monoisotopic (exact) mass is 270 g/mol. The van der Waals surface area contributed by atoms with Gasteiger partial charge in [-0.2, -0.15) is 0 Å². The normalized spacial score (nSPS) is 18.4. The zero-order valence-corrected chi connectivity index (χ0v) is 12.8. The second-order valence-corrected chi connectivity index (χ2v) is 5.90. The molecular formula is C15H30N2O2. The van der Waals surface area contributed by atoms with E-state index in [1.54, 1.807) is 0 Å². The Hall–Kier alpha value is -0.610. The van der Waals surface area contributed by atoms with E-state index in [9.17, 15) is 4.79 Å². The summed E-state index contributed by atoms with van der Waals surface area (Å²) < 4.78 is 0. The van der Waals surface area contributed by atoms with Crippen molar-refractivity contribution in [3.05, 3.63) is 0 Å². The average Bonchev–Trinajstić information content (AvgIpc) is 2.35. The Morgan fingerprint density at radius 1 is 1.37 bits per heavy atom. The Bertz CT molecular complexity index is 261. The van der Waals surface area contributed by atoms with Crippen LogP contribution in [0.4, 0.5) is 0 Å². The smallest absolute Gasteiger partial charge is 0.303 e. The number of nitrogens with zero attached hydrogens (tertiary/aromatic N) is 2. The van der Waals surface area contributed by atoms with Gasteiger partial charge in [-0.15, -0.1) is 0 Å². The molecule has 1 rings (SSSR count). The molecule has 0 amide bonds. The van der Waals surface area contributed by atoms with Gasteiger partial charge in [0.25, 0.3) is 0 Å². The average molecular weight is 270 g/mol. The van der Waals surface area contributed by atoms with Crippen LogP contribution in [0.5, 0.6) is 0 Å². The maximum absolute atomic E-state index is 10.6.